The fourth-order valence-electron chi connectivity index (χ4n) is 1.51. The SMILES string of the molecule is Cc1cncn(CCNS(=O)(=O)c2cccs2)c1=O. The van der Waals surface area contributed by atoms with E-state index in [1.165, 1.54) is 23.2 Å². The number of hydrogen-bond donors (Lipinski definition) is 1. The summed E-state index contributed by atoms with van der Waals surface area (Å²) in [7, 11) is -3.48. The van der Waals surface area contributed by atoms with Crippen LogP contribution in [0.25, 0.3) is 0 Å². The Bertz CT molecular complexity index is 705. The smallest absolute Gasteiger partial charge is 0.256 e. The van der Waals surface area contributed by atoms with Crippen molar-refractivity contribution in [3.05, 3.63) is 46.0 Å². The molecule has 19 heavy (non-hydrogen) atoms. The molecule has 102 valence electrons. The molecule has 0 amide bonds. The minimum absolute atomic E-state index is 0.144. The van der Waals surface area contributed by atoms with Crippen molar-refractivity contribution in [3.8, 4) is 0 Å². The topological polar surface area (TPSA) is 81.1 Å². The summed E-state index contributed by atoms with van der Waals surface area (Å²) in [5.74, 6) is 0. The number of rotatable bonds is 5. The zero-order valence-electron chi connectivity index (χ0n) is 10.2. The highest BCUT2D eigenvalue weighted by Gasteiger charge is 2.14. The van der Waals surface area contributed by atoms with Gasteiger partial charge < -0.3 is 0 Å². The van der Waals surface area contributed by atoms with E-state index in [0.717, 1.165) is 11.3 Å². The third-order valence-electron chi connectivity index (χ3n) is 2.48. The zero-order valence-corrected chi connectivity index (χ0v) is 11.9. The molecule has 1 N–H and O–H groups in total. The quantitative estimate of drug-likeness (QED) is 0.876. The molecule has 2 rings (SSSR count). The third kappa shape index (κ3) is 3.28. The molecule has 2 aromatic heterocycles. The van der Waals surface area contributed by atoms with Gasteiger partial charge in [0.2, 0.25) is 10.0 Å². The van der Waals surface area contributed by atoms with Crippen LogP contribution in [0.15, 0.2) is 39.0 Å². The standard InChI is InChI=1S/C11H13N3O3S2/c1-9-7-12-8-14(11(9)15)5-4-13-19(16,17)10-3-2-6-18-10/h2-3,6-8,13H,4-5H2,1H3. The summed E-state index contributed by atoms with van der Waals surface area (Å²) in [5.41, 5.74) is 0.369. The van der Waals surface area contributed by atoms with E-state index >= 15 is 0 Å². The molecule has 8 heteroatoms. The maximum absolute atomic E-state index is 11.8. The van der Waals surface area contributed by atoms with Crippen molar-refractivity contribution in [2.45, 2.75) is 17.7 Å². The van der Waals surface area contributed by atoms with Gasteiger partial charge in [-0.2, -0.15) is 0 Å². The van der Waals surface area contributed by atoms with E-state index in [9.17, 15) is 13.2 Å². The van der Waals surface area contributed by atoms with Gasteiger partial charge in [-0.3, -0.25) is 9.36 Å². The Labute approximate surface area is 114 Å². The van der Waals surface area contributed by atoms with Gasteiger partial charge in [0.25, 0.3) is 5.56 Å². The van der Waals surface area contributed by atoms with Crippen LogP contribution >= 0.6 is 11.3 Å². The minimum Gasteiger partial charge on any atom is -0.298 e. The molecule has 2 heterocycles. The van der Waals surface area contributed by atoms with Crippen LogP contribution in [0.3, 0.4) is 0 Å². The van der Waals surface area contributed by atoms with Gasteiger partial charge in [0, 0.05) is 24.8 Å². The predicted molar refractivity (Wildman–Crippen MR) is 72.7 cm³/mol. The van der Waals surface area contributed by atoms with E-state index in [1.54, 1.807) is 18.4 Å². The van der Waals surface area contributed by atoms with Crippen LogP contribution in [0.1, 0.15) is 5.56 Å². The molecule has 0 saturated heterocycles. The summed E-state index contributed by atoms with van der Waals surface area (Å²) < 4.78 is 27.8. The van der Waals surface area contributed by atoms with Crippen molar-refractivity contribution in [2.75, 3.05) is 6.54 Å². The number of sulfonamides is 1. The molecule has 2 aromatic rings. The van der Waals surface area contributed by atoms with Crippen LogP contribution in [0.2, 0.25) is 0 Å². The Hall–Kier alpha value is -1.51. The second-order valence-electron chi connectivity index (χ2n) is 3.91. The summed E-state index contributed by atoms with van der Waals surface area (Å²) in [6.07, 6.45) is 2.88. The van der Waals surface area contributed by atoms with Gasteiger partial charge in [-0.05, 0) is 18.4 Å². The van der Waals surface area contributed by atoms with Crippen molar-refractivity contribution in [1.82, 2.24) is 14.3 Å². The number of nitrogens with zero attached hydrogens (tertiary/aromatic N) is 2. The fraction of sp³-hybridized carbons (Fsp3) is 0.273. The molecule has 0 radical (unpaired) electrons. The van der Waals surface area contributed by atoms with Crippen molar-refractivity contribution < 1.29 is 8.42 Å². The largest absolute Gasteiger partial charge is 0.298 e. The summed E-state index contributed by atoms with van der Waals surface area (Å²) in [4.78, 5) is 15.6. The Morgan fingerprint density at radius 3 is 2.95 bits per heavy atom. The third-order valence-corrected chi connectivity index (χ3v) is 5.34. The second-order valence-corrected chi connectivity index (χ2v) is 6.85. The molecule has 0 fully saturated rings. The van der Waals surface area contributed by atoms with Gasteiger partial charge in [0.1, 0.15) is 4.21 Å². The molecule has 0 unspecified atom stereocenters. The van der Waals surface area contributed by atoms with Crippen LogP contribution < -0.4 is 10.3 Å². The summed E-state index contributed by atoms with van der Waals surface area (Å²) in [6, 6.07) is 3.21. The molecule has 0 saturated carbocycles. The highest BCUT2D eigenvalue weighted by molar-refractivity contribution is 7.91. The number of aryl methyl sites for hydroxylation is 1. The molecule has 6 nitrogen and oxygen atoms in total. The molecule has 0 aromatic carbocycles. The predicted octanol–water partition coefficient (Wildman–Crippen LogP) is 0.592. The lowest BCUT2D eigenvalue weighted by molar-refractivity contribution is 0.570. The summed E-state index contributed by atoms with van der Waals surface area (Å²) >= 11 is 1.15. The number of thiophene rings is 1. The van der Waals surface area contributed by atoms with Gasteiger partial charge in [-0.1, -0.05) is 6.07 Å². The maximum Gasteiger partial charge on any atom is 0.256 e. The maximum atomic E-state index is 11.8. The van der Waals surface area contributed by atoms with E-state index in [1.807, 2.05) is 0 Å². The minimum atomic E-state index is -3.48. The van der Waals surface area contributed by atoms with Crippen molar-refractivity contribution >= 4 is 21.4 Å². The zero-order chi connectivity index (χ0) is 13.9. The Kier molecular flexibility index (Phi) is 4.13. The molecule has 0 spiro atoms. The first kappa shape index (κ1) is 13.9. The molecular formula is C11H13N3O3S2. The van der Waals surface area contributed by atoms with Crippen LogP contribution in [-0.2, 0) is 16.6 Å². The Morgan fingerprint density at radius 1 is 1.47 bits per heavy atom. The lowest BCUT2D eigenvalue weighted by atomic mass is 10.4. The van der Waals surface area contributed by atoms with Gasteiger partial charge in [0.15, 0.2) is 0 Å². The van der Waals surface area contributed by atoms with Crippen LogP contribution in [0.5, 0.6) is 0 Å². The van der Waals surface area contributed by atoms with Crippen LogP contribution in [-0.4, -0.2) is 24.5 Å². The average Bonchev–Trinajstić information content (AvgIpc) is 2.89. The molecule has 0 aliphatic rings. The summed E-state index contributed by atoms with van der Waals surface area (Å²) in [5, 5.41) is 1.70. The van der Waals surface area contributed by atoms with E-state index < -0.39 is 10.0 Å². The fourth-order valence-corrected chi connectivity index (χ4v) is 3.57. The molecule has 0 atom stereocenters. The lowest BCUT2D eigenvalue weighted by Crippen LogP contribution is -2.31. The Morgan fingerprint density at radius 2 is 2.26 bits per heavy atom. The van der Waals surface area contributed by atoms with Gasteiger partial charge in [-0.25, -0.2) is 18.1 Å². The first-order chi connectivity index (χ1) is 9.00. The number of aromatic nitrogens is 2. The van der Waals surface area contributed by atoms with Gasteiger partial charge in [0.05, 0.1) is 6.33 Å². The van der Waals surface area contributed by atoms with E-state index in [4.69, 9.17) is 0 Å². The average molecular weight is 299 g/mol. The Balaban J connectivity index is 2.01. The normalized spacial score (nSPS) is 11.6. The monoisotopic (exact) mass is 299 g/mol. The van der Waals surface area contributed by atoms with E-state index in [0.29, 0.717) is 5.56 Å². The van der Waals surface area contributed by atoms with Crippen molar-refractivity contribution in [3.63, 3.8) is 0 Å². The lowest BCUT2D eigenvalue weighted by Gasteiger charge is -2.07. The number of hydrogen-bond acceptors (Lipinski definition) is 5. The van der Waals surface area contributed by atoms with E-state index in [2.05, 4.69) is 9.71 Å². The molecule has 0 aliphatic heterocycles. The van der Waals surface area contributed by atoms with Gasteiger partial charge in [-0.15, -0.1) is 11.3 Å². The number of nitrogens with one attached hydrogen (secondary N) is 1. The molecular weight excluding hydrogens is 286 g/mol. The highest BCUT2D eigenvalue weighted by atomic mass is 32.2. The summed E-state index contributed by atoms with van der Waals surface area (Å²) in [6.45, 7) is 2.06. The van der Waals surface area contributed by atoms with Gasteiger partial charge >= 0.3 is 0 Å². The first-order valence-corrected chi connectivity index (χ1v) is 7.91. The van der Waals surface area contributed by atoms with Crippen molar-refractivity contribution in [1.29, 1.82) is 0 Å². The van der Waals surface area contributed by atoms with E-state index in [-0.39, 0.29) is 22.9 Å². The molecule has 0 bridgehead atoms. The first-order valence-electron chi connectivity index (χ1n) is 5.55. The second kappa shape index (κ2) is 5.64. The molecule has 0 aliphatic carbocycles. The van der Waals surface area contributed by atoms with Crippen LogP contribution in [0.4, 0.5) is 0 Å². The van der Waals surface area contributed by atoms with Crippen molar-refractivity contribution in [2.24, 2.45) is 0 Å². The highest BCUT2D eigenvalue weighted by Crippen LogP contribution is 2.14. The van der Waals surface area contributed by atoms with Crippen LogP contribution in [0, 0.1) is 6.92 Å².